The summed E-state index contributed by atoms with van der Waals surface area (Å²) in [5.41, 5.74) is 1.10. The molecule has 0 N–H and O–H groups in total. The SMILES string of the molecule is CCO[Si](CCCN(CCC(=O)O[Si](C)(C)C)c1ccccc1)(OCC)OCC. The molecule has 1 rings (SSSR count). The second-order valence-corrected chi connectivity index (χ2v) is 14.9. The van der Waals surface area contributed by atoms with E-state index in [1.807, 2.05) is 58.6 Å². The second-order valence-electron chi connectivity index (χ2n) is 7.74. The molecule has 166 valence electrons. The predicted molar refractivity (Wildman–Crippen MR) is 123 cm³/mol. The molecule has 0 aliphatic heterocycles. The topological polar surface area (TPSA) is 57.2 Å². The van der Waals surface area contributed by atoms with Gasteiger partial charge in [0, 0.05) is 44.6 Å². The molecule has 1 aromatic rings. The monoisotopic (exact) mass is 441 g/mol. The van der Waals surface area contributed by atoms with Gasteiger partial charge in [-0.25, -0.2) is 0 Å². The molecule has 0 amide bonds. The molecular formula is C21H39NO5Si2. The maximum absolute atomic E-state index is 12.2. The molecule has 0 spiro atoms. The fourth-order valence-electron chi connectivity index (χ4n) is 3.12. The van der Waals surface area contributed by atoms with Crippen LogP contribution in [0.2, 0.25) is 25.7 Å². The summed E-state index contributed by atoms with van der Waals surface area (Å²) < 4.78 is 23.5. The zero-order chi connectivity index (χ0) is 21.8. The highest BCUT2D eigenvalue weighted by Gasteiger charge is 2.39. The molecule has 1 aromatic carbocycles. The predicted octanol–water partition coefficient (Wildman–Crippen LogP) is 4.70. The van der Waals surface area contributed by atoms with E-state index in [1.165, 1.54) is 0 Å². The van der Waals surface area contributed by atoms with Crippen LogP contribution in [-0.4, -0.2) is 56.0 Å². The van der Waals surface area contributed by atoms with Gasteiger partial charge in [-0.15, -0.1) is 0 Å². The lowest BCUT2D eigenvalue weighted by Gasteiger charge is -2.30. The van der Waals surface area contributed by atoms with Crippen LogP contribution in [-0.2, 0) is 22.5 Å². The van der Waals surface area contributed by atoms with Crippen molar-refractivity contribution < 1.29 is 22.5 Å². The Balaban J connectivity index is 2.75. The van der Waals surface area contributed by atoms with Crippen molar-refractivity contribution in [3.05, 3.63) is 30.3 Å². The Morgan fingerprint density at radius 3 is 1.93 bits per heavy atom. The van der Waals surface area contributed by atoms with Gasteiger partial charge in [-0.2, -0.15) is 0 Å². The number of hydrogen-bond donors (Lipinski definition) is 0. The summed E-state index contributed by atoms with van der Waals surface area (Å²) in [6, 6.07) is 10.9. The molecule has 0 saturated heterocycles. The van der Waals surface area contributed by atoms with Crippen molar-refractivity contribution in [1.82, 2.24) is 0 Å². The Bertz CT molecular complexity index is 563. The average Bonchev–Trinajstić information content (AvgIpc) is 2.64. The maximum atomic E-state index is 12.2. The van der Waals surface area contributed by atoms with E-state index in [9.17, 15) is 4.79 Å². The van der Waals surface area contributed by atoms with Crippen molar-refractivity contribution in [1.29, 1.82) is 0 Å². The van der Waals surface area contributed by atoms with Crippen LogP contribution >= 0.6 is 0 Å². The first-order chi connectivity index (χ1) is 13.7. The zero-order valence-corrected chi connectivity index (χ0v) is 21.0. The Morgan fingerprint density at radius 1 is 0.897 bits per heavy atom. The van der Waals surface area contributed by atoms with Crippen molar-refractivity contribution in [2.45, 2.75) is 59.3 Å². The molecule has 0 fully saturated rings. The quantitative estimate of drug-likeness (QED) is 0.368. The number of hydrogen-bond acceptors (Lipinski definition) is 6. The van der Waals surface area contributed by atoms with E-state index < -0.39 is 17.1 Å². The molecule has 0 heterocycles. The number of benzene rings is 1. The number of carbonyl (C=O) groups is 1. The Labute approximate surface area is 179 Å². The van der Waals surface area contributed by atoms with E-state index in [2.05, 4.69) is 17.0 Å². The summed E-state index contributed by atoms with van der Waals surface area (Å²) in [4.78, 5) is 14.4. The standard InChI is InChI=1S/C21H39NO5Si2/c1-7-24-29(25-8-2,26-9-3)19-13-17-22(20-14-11-10-12-15-20)18-16-21(23)27-28(4,5)6/h10-12,14-15H,7-9,13,16-19H2,1-6H3. The van der Waals surface area contributed by atoms with Crippen molar-refractivity contribution in [2.75, 3.05) is 37.8 Å². The largest absolute Gasteiger partial charge is 0.520 e. The smallest absolute Gasteiger partial charge is 0.500 e. The molecule has 8 heteroatoms. The lowest BCUT2D eigenvalue weighted by atomic mass is 10.2. The fraction of sp³-hybridized carbons (Fsp3) is 0.667. The Hall–Kier alpha value is -1.20. The van der Waals surface area contributed by atoms with Crippen LogP contribution in [0.25, 0.3) is 0 Å². The van der Waals surface area contributed by atoms with Gasteiger partial charge in [0.15, 0.2) is 0 Å². The van der Waals surface area contributed by atoms with Crippen LogP contribution < -0.4 is 4.90 Å². The van der Waals surface area contributed by atoms with E-state index in [0.717, 1.165) is 24.7 Å². The van der Waals surface area contributed by atoms with E-state index in [4.69, 9.17) is 17.7 Å². The highest BCUT2D eigenvalue weighted by atomic mass is 28.4. The van der Waals surface area contributed by atoms with Gasteiger partial charge in [0.2, 0.25) is 8.32 Å². The summed E-state index contributed by atoms with van der Waals surface area (Å²) >= 11 is 0. The minimum atomic E-state index is -2.65. The van der Waals surface area contributed by atoms with E-state index >= 15 is 0 Å². The molecule has 0 bridgehead atoms. The molecule has 6 nitrogen and oxygen atoms in total. The van der Waals surface area contributed by atoms with Crippen LogP contribution in [0.4, 0.5) is 5.69 Å². The van der Waals surface area contributed by atoms with Gasteiger partial charge in [-0.05, 0) is 59.0 Å². The van der Waals surface area contributed by atoms with Crippen molar-refractivity contribution >= 4 is 28.8 Å². The first-order valence-electron chi connectivity index (χ1n) is 10.7. The van der Waals surface area contributed by atoms with Gasteiger partial charge in [0.25, 0.3) is 5.97 Å². The van der Waals surface area contributed by atoms with E-state index in [1.54, 1.807) is 0 Å². The number of nitrogens with zero attached hydrogens (tertiary/aromatic N) is 1. The zero-order valence-electron chi connectivity index (χ0n) is 19.0. The van der Waals surface area contributed by atoms with Crippen LogP contribution in [0.1, 0.15) is 33.6 Å². The minimum absolute atomic E-state index is 0.119. The van der Waals surface area contributed by atoms with Crippen molar-refractivity contribution in [3.8, 4) is 0 Å². The number of carbonyl (C=O) groups excluding carboxylic acids is 1. The molecule has 0 unspecified atom stereocenters. The Kier molecular flexibility index (Phi) is 11.7. The molecule has 29 heavy (non-hydrogen) atoms. The molecule has 0 radical (unpaired) electrons. The summed E-state index contributed by atoms with van der Waals surface area (Å²) in [6.07, 6.45) is 1.24. The summed E-state index contributed by atoms with van der Waals surface area (Å²) in [5.74, 6) is -0.119. The third kappa shape index (κ3) is 10.4. The van der Waals surface area contributed by atoms with Crippen LogP contribution in [0.5, 0.6) is 0 Å². The van der Waals surface area contributed by atoms with Gasteiger partial charge in [-0.3, -0.25) is 4.79 Å². The average molecular weight is 442 g/mol. The van der Waals surface area contributed by atoms with Crippen LogP contribution in [0.15, 0.2) is 30.3 Å². The summed E-state index contributed by atoms with van der Waals surface area (Å²) in [7, 11) is -4.51. The first-order valence-corrected chi connectivity index (χ1v) is 16.0. The third-order valence-corrected chi connectivity index (χ3v) is 8.12. The van der Waals surface area contributed by atoms with Gasteiger partial charge in [-0.1, -0.05) is 18.2 Å². The van der Waals surface area contributed by atoms with E-state index in [0.29, 0.717) is 32.8 Å². The normalized spacial score (nSPS) is 12.1. The lowest BCUT2D eigenvalue weighted by Crippen LogP contribution is -2.46. The minimum Gasteiger partial charge on any atom is -0.520 e. The maximum Gasteiger partial charge on any atom is 0.500 e. The first kappa shape index (κ1) is 25.8. The molecule has 0 aliphatic carbocycles. The molecule has 0 aromatic heterocycles. The highest BCUT2D eigenvalue weighted by Crippen LogP contribution is 2.21. The number of anilines is 1. The van der Waals surface area contributed by atoms with E-state index in [-0.39, 0.29) is 5.97 Å². The number of para-hydroxylation sites is 1. The summed E-state index contributed by atoms with van der Waals surface area (Å²) in [6.45, 7) is 15.2. The van der Waals surface area contributed by atoms with Crippen molar-refractivity contribution in [3.63, 3.8) is 0 Å². The Morgan fingerprint density at radius 2 is 1.45 bits per heavy atom. The van der Waals surface area contributed by atoms with Crippen LogP contribution in [0.3, 0.4) is 0 Å². The van der Waals surface area contributed by atoms with Crippen molar-refractivity contribution in [2.24, 2.45) is 0 Å². The van der Waals surface area contributed by atoms with Gasteiger partial charge < -0.3 is 22.6 Å². The lowest BCUT2D eigenvalue weighted by molar-refractivity contribution is -0.134. The summed E-state index contributed by atoms with van der Waals surface area (Å²) in [5, 5.41) is 0. The molecular weight excluding hydrogens is 402 g/mol. The molecule has 0 saturated carbocycles. The second kappa shape index (κ2) is 13.2. The van der Waals surface area contributed by atoms with Gasteiger partial charge in [0.1, 0.15) is 0 Å². The highest BCUT2D eigenvalue weighted by molar-refractivity contribution is 6.71. The fourth-order valence-corrected chi connectivity index (χ4v) is 6.49. The van der Waals surface area contributed by atoms with Crippen LogP contribution in [0, 0.1) is 0 Å². The van der Waals surface area contributed by atoms with Gasteiger partial charge in [0.05, 0.1) is 6.42 Å². The van der Waals surface area contributed by atoms with Gasteiger partial charge >= 0.3 is 8.80 Å². The number of rotatable bonds is 15. The molecule has 0 atom stereocenters. The molecule has 0 aliphatic rings. The third-order valence-electron chi connectivity index (χ3n) is 4.13.